The number of aromatic nitrogens is 2. The number of alkyl halides is 3. The third kappa shape index (κ3) is 3.03. The van der Waals surface area contributed by atoms with Gasteiger partial charge in [0.1, 0.15) is 5.56 Å². The number of aryl methyl sites for hydroxylation is 1. The van der Waals surface area contributed by atoms with E-state index in [0.29, 0.717) is 0 Å². The number of carbonyl (C=O) groups excluding carboxylic acids is 2. The summed E-state index contributed by atoms with van der Waals surface area (Å²) in [6.07, 6.45) is -4.91. The Kier molecular flexibility index (Phi) is 4.42. The maximum atomic E-state index is 13.6. The molecule has 2 aromatic heterocycles. The molecule has 0 saturated carbocycles. The van der Waals surface area contributed by atoms with E-state index in [-0.39, 0.29) is 5.69 Å². The molecule has 27 heavy (non-hydrogen) atoms. The summed E-state index contributed by atoms with van der Waals surface area (Å²) in [6, 6.07) is 6.39. The van der Waals surface area contributed by atoms with E-state index in [9.17, 15) is 22.8 Å². The Balaban J connectivity index is 2.43. The summed E-state index contributed by atoms with van der Waals surface area (Å²) < 4.78 is 55.9. The van der Waals surface area contributed by atoms with Crippen LogP contribution in [0.3, 0.4) is 0 Å². The molecule has 0 aliphatic rings. The van der Waals surface area contributed by atoms with Crippen LogP contribution in [0.2, 0.25) is 0 Å². The minimum absolute atomic E-state index is 0.252. The van der Waals surface area contributed by atoms with Crippen LogP contribution in [0.5, 0.6) is 0 Å². The van der Waals surface area contributed by atoms with Crippen LogP contribution in [0, 0.1) is 6.92 Å². The van der Waals surface area contributed by atoms with Gasteiger partial charge in [0, 0.05) is 0 Å². The number of furan rings is 1. The van der Waals surface area contributed by atoms with Crippen molar-refractivity contribution < 1.29 is 36.7 Å². The van der Waals surface area contributed by atoms with Crippen LogP contribution in [-0.4, -0.2) is 35.9 Å². The van der Waals surface area contributed by atoms with Gasteiger partial charge in [-0.05, 0) is 19.1 Å². The van der Waals surface area contributed by atoms with E-state index in [1.165, 1.54) is 12.1 Å². The fraction of sp³-hybridized carbons (Fsp3) is 0.235. The summed E-state index contributed by atoms with van der Waals surface area (Å²) in [7, 11) is 1.98. The van der Waals surface area contributed by atoms with Crippen LogP contribution in [0.1, 0.15) is 32.2 Å². The first kappa shape index (κ1) is 18.5. The van der Waals surface area contributed by atoms with Crippen molar-refractivity contribution in [2.45, 2.75) is 13.1 Å². The Morgan fingerprint density at radius 1 is 1.07 bits per heavy atom. The van der Waals surface area contributed by atoms with Gasteiger partial charge in [0.2, 0.25) is 11.5 Å². The fourth-order valence-electron chi connectivity index (χ4n) is 2.58. The van der Waals surface area contributed by atoms with E-state index in [4.69, 9.17) is 4.42 Å². The molecule has 142 valence electrons. The van der Waals surface area contributed by atoms with Crippen molar-refractivity contribution in [2.75, 3.05) is 14.2 Å². The molecular weight excluding hydrogens is 369 g/mol. The normalized spacial score (nSPS) is 11.6. The number of ether oxygens (including phenoxy) is 2. The molecule has 10 heteroatoms. The predicted molar refractivity (Wildman–Crippen MR) is 85.8 cm³/mol. The molecule has 0 aliphatic heterocycles. The van der Waals surface area contributed by atoms with Gasteiger partial charge in [-0.1, -0.05) is 17.7 Å². The van der Waals surface area contributed by atoms with E-state index >= 15 is 0 Å². The maximum Gasteiger partial charge on any atom is 0.435 e. The van der Waals surface area contributed by atoms with Crippen molar-refractivity contribution in [3.63, 3.8) is 0 Å². The lowest BCUT2D eigenvalue weighted by atomic mass is 10.1. The quantitative estimate of drug-likeness (QED) is 0.645. The van der Waals surface area contributed by atoms with E-state index in [0.717, 1.165) is 24.5 Å². The van der Waals surface area contributed by atoms with Crippen LogP contribution < -0.4 is 0 Å². The molecular formula is C17H13F3N2O5. The summed E-state index contributed by atoms with van der Waals surface area (Å²) in [6.45, 7) is 1.81. The largest absolute Gasteiger partial charge is 0.465 e. The Morgan fingerprint density at radius 2 is 1.67 bits per heavy atom. The fourth-order valence-corrected chi connectivity index (χ4v) is 2.58. The highest BCUT2D eigenvalue weighted by atomic mass is 19.4. The number of esters is 2. The average molecular weight is 382 g/mol. The third-order valence-electron chi connectivity index (χ3n) is 3.83. The molecule has 0 N–H and O–H groups in total. The lowest BCUT2D eigenvalue weighted by Crippen LogP contribution is -2.13. The molecule has 2 heterocycles. The molecule has 0 spiro atoms. The maximum absolute atomic E-state index is 13.6. The SMILES string of the molecule is COC(=O)c1oc2c(c(C(F)(F)F)nn2-c2ccc(C)cc2)c1C(=O)OC. The highest BCUT2D eigenvalue weighted by Crippen LogP contribution is 2.39. The van der Waals surface area contributed by atoms with Gasteiger partial charge >= 0.3 is 18.1 Å². The van der Waals surface area contributed by atoms with Gasteiger partial charge in [-0.25, -0.2) is 9.59 Å². The summed E-state index contributed by atoms with van der Waals surface area (Å²) >= 11 is 0. The van der Waals surface area contributed by atoms with Crippen molar-refractivity contribution >= 4 is 23.0 Å². The third-order valence-corrected chi connectivity index (χ3v) is 3.83. The van der Waals surface area contributed by atoms with Gasteiger partial charge in [0.25, 0.3) is 0 Å². The molecule has 0 amide bonds. The Labute approximate surface area is 150 Å². The molecule has 0 radical (unpaired) electrons. The number of hydrogen-bond acceptors (Lipinski definition) is 6. The monoisotopic (exact) mass is 382 g/mol. The van der Waals surface area contributed by atoms with Gasteiger partial charge in [-0.2, -0.15) is 23.0 Å². The Morgan fingerprint density at radius 3 is 2.19 bits per heavy atom. The zero-order chi connectivity index (χ0) is 19.9. The predicted octanol–water partition coefficient (Wildman–Crippen LogP) is 3.52. The van der Waals surface area contributed by atoms with Crippen LogP contribution >= 0.6 is 0 Å². The van der Waals surface area contributed by atoms with Gasteiger partial charge in [-0.15, -0.1) is 0 Å². The second kappa shape index (κ2) is 6.45. The van der Waals surface area contributed by atoms with Gasteiger partial charge in [-0.3, -0.25) is 0 Å². The van der Waals surface area contributed by atoms with Crippen LogP contribution in [0.4, 0.5) is 13.2 Å². The first-order valence-corrected chi connectivity index (χ1v) is 7.55. The molecule has 0 unspecified atom stereocenters. The van der Waals surface area contributed by atoms with Crippen molar-refractivity contribution in [1.82, 2.24) is 9.78 Å². The molecule has 1 aromatic carbocycles. The lowest BCUT2D eigenvalue weighted by Gasteiger charge is -2.05. The van der Waals surface area contributed by atoms with Crippen LogP contribution in [-0.2, 0) is 15.7 Å². The van der Waals surface area contributed by atoms with E-state index in [2.05, 4.69) is 14.6 Å². The molecule has 0 fully saturated rings. The Bertz CT molecular complexity index is 1030. The zero-order valence-corrected chi connectivity index (χ0v) is 14.4. The standard InChI is InChI=1S/C17H13F3N2O5/c1-8-4-6-9(7-5-8)22-14-11(13(21-22)17(18,19)20)10(15(23)25-2)12(27-14)16(24)26-3/h4-7H,1-3H3. The van der Waals surface area contributed by atoms with Crippen LogP contribution in [0.25, 0.3) is 16.8 Å². The summed E-state index contributed by atoms with van der Waals surface area (Å²) in [5, 5.41) is 2.89. The van der Waals surface area contributed by atoms with Gasteiger partial charge in [0.15, 0.2) is 5.69 Å². The van der Waals surface area contributed by atoms with Gasteiger partial charge < -0.3 is 13.9 Å². The molecule has 0 saturated heterocycles. The summed E-state index contributed by atoms with van der Waals surface area (Å²) in [4.78, 5) is 24.0. The first-order valence-electron chi connectivity index (χ1n) is 7.55. The smallest absolute Gasteiger partial charge is 0.435 e. The highest BCUT2D eigenvalue weighted by Gasteiger charge is 2.43. The number of nitrogens with zero attached hydrogens (tertiary/aromatic N) is 2. The highest BCUT2D eigenvalue weighted by molar-refractivity contribution is 6.11. The number of carbonyl (C=O) groups is 2. The van der Waals surface area contributed by atoms with Crippen molar-refractivity contribution in [2.24, 2.45) is 0 Å². The number of hydrogen-bond donors (Lipinski definition) is 0. The average Bonchev–Trinajstić information content (AvgIpc) is 3.18. The molecule has 0 aliphatic carbocycles. The summed E-state index contributed by atoms with van der Waals surface area (Å²) in [5.74, 6) is -2.98. The number of fused-ring (bicyclic) bond motifs is 1. The molecule has 0 atom stereocenters. The topological polar surface area (TPSA) is 83.6 Å². The lowest BCUT2D eigenvalue weighted by molar-refractivity contribution is -0.140. The number of rotatable bonds is 3. The number of halogens is 3. The summed E-state index contributed by atoms with van der Waals surface area (Å²) in [5.41, 5.74) is -1.36. The van der Waals surface area contributed by atoms with Crippen molar-refractivity contribution in [3.8, 4) is 5.69 Å². The molecule has 7 nitrogen and oxygen atoms in total. The molecule has 3 rings (SSSR count). The van der Waals surface area contributed by atoms with E-state index < -0.39 is 46.2 Å². The second-order valence-electron chi connectivity index (χ2n) is 5.56. The molecule has 3 aromatic rings. The number of methoxy groups -OCH3 is 2. The number of benzene rings is 1. The molecule has 0 bridgehead atoms. The minimum atomic E-state index is -4.91. The minimum Gasteiger partial charge on any atom is -0.465 e. The van der Waals surface area contributed by atoms with Crippen molar-refractivity contribution in [3.05, 3.63) is 46.8 Å². The van der Waals surface area contributed by atoms with Gasteiger partial charge in [0.05, 0.1) is 25.3 Å². The first-order chi connectivity index (χ1) is 12.7. The van der Waals surface area contributed by atoms with E-state index in [1.54, 1.807) is 19.1 Å². The van der Waals surface area contributed by atoms with E-state index in [1.807, 2.05) is 0 Å². The Hall–Kier alpha value is -3.30. The van der Waals surface area contributed by atoms with Crippen LogP contribution in [0.15, 0.2) is 28.7 Å². The zero-order valence-electron chi connectivity index (χ0n) is 14.4. The second-order valence-corrected chi connectivity index (χ2v) is 5.56. The van der Waals surface area contributed by atoms with Crippen molar-refractivity contribution in [1.29, 1.82) is 0 Å².